The van der Waals surface area contributed by atoms with Crippen molar-refractivity contribution in [1.29, 1.82) is 0 Å². The third kappa shape index (κ3) is 4.42. The zero-order chi connectivity index (χ0) is 23.5. The van der Waals surface area contributed by atoms with Crippen LogP contribution in [0.25, 0.3) is 17.3 Å². The van der Waals surface area contributed by atoms with Crippen LogP contribution in [0.4, 0.5) is 0 Å². The summed E-state index contributed by atoms with van der Waals surface area (Å²) in [6, 6.07) is 15.1. The van der Waals surface area contributed by atoms with Gasteiger partial charge in [-0.3, -0.25) is 19.1 Å². The van der Waals surface area contributed by atoms with E-state index in [-0.39, 0.29) is 22.1 Å². The number of H-pyrrole nitrogens is 1. The van der Waals surface area contributed by atoms with Crippen LogP contribution >= 0.6 is 12.2 Å². The molecule has 1 aliphatic heterocycles. The molecule has 0 saturated carbocycles. The molecule has 0 radical (unpaired) electrons. The lowest BCUT2D eigenvalue weighted by atomic mass is 10.1. The number of nitrogens with zero attached hydrogens (tertiary/aromatic N) is 2. The van der Waals surface area contributed by atoms with Crippen LogP contribution in [0.5, 0.6) is 5.88 Å². The molecule has 4 rings (SSSR count). The third-order valence-electron chi connectivity index (χ3n) is 5.56. The van der Waals surface area contributed by atoms with E-state index in [1.54, 1.807) is 13.0 Å². The van der Waals surface area contributed by atoms with Crippen LogP contribution in [0.3, 0.4) is 0 Å². The van der Waals surface area contributed by atoms with Crippen LogP contribution < -0.4 is 21.5 Å². The van der Waals surface area contributed by atoms with E-state index in [2.05, 4.69) is 15.3 Å². The van der Waals surface area contributed by atoms with Gasteiger partial charge in [0.15, 0.2) is 4.77 Å². The second-order valence-electron chi connectivity index (χ2n) is 7.71. The van der Waals surface area contributed by atoms with Crippen molar-refractivity contribution in [2.45, 2.75) is 26.7 Å². The van der Waals surface area contributed by atoms with Crippen LogP contribution in [0.2, 0.25) is 0 Å². The van der Waals surface area contributed by atoms with Crippen molar-refractivity contribution in [2.24, 2.45) is 4.99 Å². The fourth-order valence-electron chi connectivity index (χ4n) is 3.84. The van der Waals surface area contributed by atoms with Gasteiger partial charge < -0.3 is 10.4 Å². The van der Waals surface area contributed by atoms with Gasteiger partial charge in [0.05, 0.1) is 16.7 Å². The summed E-state index contributed by atoms with van der Waals surface area (Å²) in [7, 11) is 0. The lowest BCUT2D eigenvalue weighted by Gasteiger charge is -2.14. The fourth-order valence-corrected chi connectivity index (χ4v) is 4.12. The number of para-hydroxylation sites is 2. The average Bonchev–Trinajstić information content (AvgIpc) is 3.15. The normalized spacial score (nSPS) is 13.6. The molecule has 2 aromatic carbocycles. The highest BCUT2D eigenvalue weighted by Gasteiger charge is 2.18. The number of aryl methyl sites for hydroxylation is 1. The zero-order valence-electron chi connectivity index (χ0n) is 18.4. The molecule has 1 amide bonds. The predicted octanol–water partition coefficient (Wildman–Crippen LogP) is 2.65. The van der Waals surface area contributed by atoms with Gasteiger partial charge in [-0.15, -0.1) is 0 Å². The van der Waals surface area contributed by atoms with Gasteiger partial charge in [0, 0.05) is 18.2 Å². The van der Waals surface area contributed by atoms with Gasteiger partial charge in [-0.2, -0.15) is 0 Å². The maximum Gasteiger partial charge on any atom is 0.262 e. The van der Waals surface area contributed by atoms with Crippen molar-refractivity contribution < 1.29 is 9.90 Å². The first-order valence-corrected chi connectivity index (χ1v) is 11.1. The molecule has 0 saturated heterocycles. The quantitative estimate of drug-likeness (QED) is 0.493. The van der Waals surface area contributed by atoms with E-state index in [1.807, 2.05) is 55.5 Å². The first-order valence-electron chi connectivity index (χ1n) is 10.7. The maximum absolute atomic E-state index is 12.8. The summed E-state index contributed by atoms with van der Waals surface area (Å²) in [4.78, 5) is 31.8. The summed E-state index contributed by atoms with van der Waals surface area (Å²) in [5.41, 5.74) is 2.59. The number of aromatic hydroxyl groups is 1. The number of fused-ring (bicyclic) bond motifs is 1. The Balaban J connectivity index is 1.85. The predicted molar refractivity (Wildman–Crippen MR) is 130 cm³/mol. The van der Waals surface area contributed by atoms with Gasteiger partial charge >= 0.3 is 0 Å². The van der Waals surface area contributed by atoms with E-state index < -0.39 is 5.56 Å². The summed E-state index contributed by atoms with van der Waals surface area (Å²) in [6.07, 6.45) is 2.52. The molecule has 0 fully saturated rings. The summed E-state index contributed by atoms with van der Waals surface area (Å²) in [6.45, 7) is 4.15. The van der Waals surface area contributed by atoms with E-state index in [4.69, 9.17) is 12.2 Å². The Morgan fingerprint density at radius 3 is 2.70 bits per heavy atom. The Kier molecular flexibility index (Phi) is 6.37. The minimum absolute atomic E-state index is 0.0289. The Labute approximate surface area is 195 Å². The van der Waals surface area contributed by atoms with E-state index in [0.29, 0.717) is 30.8 Å². The second kappa shape index (κ2) is 9.38. The Hall–Kier alpha value is -3.78. The summed E-state index contributed by atoms with van der Waals surface area (Å²) in [5, 5.41) is 15.7. The molecule has 168 valence electrons. The minimum atomic E-state index is -0.500. The van der Waals surface area contributed by atoms with Gasteiger partial charge in [-0.1, -0.05) is 43.3 Å². The molecule has 33 heavy (non-hydrogen) atoms. The highest BCUT2D eigenvalue weighted by atomic mass is 32.1. The highest BCUT2D eigenvalue weighted by molar-refractivity contribution is 7.71. The number of nitrogens with one attached hydrogen (secondary N) is 2. The number of rotatable bonds is 6. The van der Waals surface area contributed by atoms with Gasteiger partial charge in [-0.05, 0) is 54.9 Å². The number of hydrogen-bond acceptors (Lipinski definition) is 5. The van der Waals surface area contributed by atoms with Crippen molar-refractivity contribution in [1.82, 2.24) is 14.9 Å². The lowest BCUT2D eigenvalue weighted by Crippen LogP contribution is -2.26. The van der Waals surface area contributed by atoms with E-state index in [0.717, 1.165) is 21.7 Å². The van der Waals surface area contributed by atoms with Crippen molar-refractivity contribution in [3.05, 3.63) is 91.1 Å². The molecule has 3 aromatic rings. The number of amides is 1. The van der Waals surface area contributed by atoms with Crippen molar-refractivity contribution in [2.75, 3.05) is 6.54 Å². The monoisotopic (exact) mass is 460 g/mol. The lowest BCUT2D eigenvalue weighted by molar-refractivity contribution is -0.120. The van der Waals surface area contributed by atoms with Crippen molar-refractivity contribution in [3.8, 4) is 11.6 Å². The molecular formula is C25H24N4O3S. The molecule has 2 heterocycles. The number of aromatic nitrogens is 2. The SMILES string of the molecule is CCC(=O)NCCC1=c2ccccc2=N/C1=C\c1c(O)n(-c2ccccc2C)c(=S)[nH]c1=O. The van der Waals surface area contributed by atoms with Crippen LogP contribution in [0.15, 0.2) is 64.0 Å². The van der Waals surface area contributed by atoms with E-state index in [9.17, 15) is 14.7 Å². The molecule has 8 heteroatoms. The van der Waals surface area contributed by atoms with Crippen LogP contribution in [0, 0.1) is 11.7 Å². The molecule has 0 atom stereocenters. The number of allylic oxidation sites excluding steroid dienone is 1. The number of carbonyl (C=O) groups is 1. The number of benzene rings is 2. The minimum Gasteiger partial charge on any atom is -0.494 e. The van der Waals surface area contributed by atoms with E-state index >= 15 is 0 Å². The molecule has 0 unspecified atom stereocenters. The first-order chi connectivity index (χ1) is 15.9. The highest BCUT2D eigenvalue weighted by Crippen LogP contribution is 2.26. The molecule has 0 bridgehead atoms. The van der Waals surface area contributed by atoms with Crippen molar-refractivity contribution in [3.63, 3.8) is 0 Å². The second-order valence-corrected chi connectivity index (χ2v) is 8.10. The average molecular weight is 461 g/mol. The Morgan fingerprint density at radius 2 is 1.94 bits per heavy atom. The standard InChI is InChI=1S/C25H24N4O3S/c1-3-22(30)26-13-12-17-16-9-5-6-10-19(16)27-20(17)14-18-23(31)28-25(33)29(24(18)32)21-11-7-4-8-15(21)2/h4-11,14,32H,3,12-13H2,1-2H3,(H,26,30)(H,28,31,33)/b20-14-. The fraction of sp³-hybridized carbons (Fsp3) is 0.200. The number of aromatic amines is 1. The van der Waals surface area contributed by atoms with Gasteiger partial charge in [0.25, 0.3) is 5.56 Å². The number of carbonyl (C=O) groups excluding carboxylic acids is 1. The zero-order valence-corrected chi connectivity index (χ0v) is 19.2. The van der Waals surface area contributed by atoms with Gasteiger partial charge in [-0.25, -0.2) is 4.99 Å². The largest absolute Gasteiger partial charge is 0.494 e. The Morgan fingerprint density at radius 1 is 1.21 bits per heavy atom. The van der Waals surface area contributed by atoms with Crippen molar-refractivity contribution >= 4 is 29.8 Å². The van der Waals surface area contributed by atoms with Crippen LogP contribution in [0.1, 0.15) is 30.9 Å². The molecule has 0 spiro atoms. The summed E-state index contributed by atoms with van der Waals surface area (Å²) in [5.74, 6) is -0.283. The number of hydrogen-bond donors (Lipinski definition) is 3. The molecule has 1 aliphatic rings. The molecular weight excluding hydrogens is 436 g/mol. The first kappa shape index (κ1) is 22.4. The maximum atomic E-state index is 12.8. The molecule has 1 aromatic heterocycles. The molecule has 7 nitrogen and oxygen atoms in total. The topological polar surface area (TPSA) is 99.5 Å². The summed E-state index contributed by atoms with van der Waals surface area (Å²) < 4.78 is 1.55. The summed E-state index contributed by atoms with van der Waals surface area (Å²) >= 11 is 5.34. The smallest absolute Gasteiger partial charge is 0.262 e. The molecule has 0 aliphatic carbocycles. The van der Waals surface area contributed by atoms with Gasteiger partial charge in [0.2, 0.25) is 11.8 Å². The van der Waals surface area contributed by atoms with Crippen LogP contribution in [-0.2, 0) is 4.79 Å². The van der Waals surface area contributed by atoms with Gasteiger partial charge in [0.1, 0.15) is 5.56 Å². The molecule has 3 N–H and O–H groups in total. The van der Waals surface area contributed by atoms with Crippen LogP contribution in [-0.4, -0.2) is 27.1 Å². The van der Waals surface area contributed by atoms with E-state index in [1.165, 1.54) is 4.57 Å². The Bertz CT molecular complexity index is 1520. The third-order valence-corrected chi connectivity index (χ3v) is 5.84.